The number of thioether (sulfide) groups is 1. The van der Waals surface area contributed by atoms with Gasteiger partial charge in [0.2, 0.25) is 11.8 Å². The van der Waals surface area contributed by atoms with E-state index >= 15 is 0 Å². The van der Waals surface area contributed by atoms with Crippen molar-refractivity contribution in [3.63, 3.8) is 0 Å². The Balaban J connectivity index is 1.45. The number of hydrogen-bond acceptors (Lipinski definition) is 6. The molecule has 2 aliphatic heterocycles. The summed E-state index contributed by atoms with van der Waals surface area (Å²) in [6.45, 7) is -0.603. The smallest absolute Gasteiger partial charge is 0.323 e. The molecule has 6 rings (SSSR count). The van der Waals surface area contributed by atoms with Crippen LogP contribution >= 0.6 is 23.1 Å². The molecular formula is C21H17FN2O5S2. The summed E-state index contributed by atoms with van der Waals surface area (Å²) in [4.78, 5) is 53.9. The molecule has 160 valence electrons. The molecular weight excluding hydrogens is 443 g/mol. The van der Waals surface area contributed by atoms with E-state index in [1.54, 1.807) is 23.9 Å². The number of rotatable bonds is 3. The molecule has 1 aromatic heterocycles. The van der Waals surface area contributed by atoms with E-state index < -0.39 is 24.3 Å². The number of carbonyl (C=O) groups is 3. The summed E-state index contributed by atoms with van der Waals surface area (Å²) >= 11 is 2.71. The Morgan fingerprint density at radius 2 is 1.81 bits per heavy atom. The summed E-state index contributed by atoms with van der Waals surface area (Å²) < 4.78 is 13.6. The molecule has 1 aromatic carbocycles. The van der Waals surface area contributed by atoms with Gasteiger partial charge in [-0.25, -0.2) is 4.39 Å². The highest BCUT2D eigenvalue weighted by molar-refractivity contribution is 8.00. The number of aromatic amines is 1. The van der Waals surface area contributed by atoms with Gasteiger partial charge in [0, 0.05) is 16.0 Å². The molecule has 7 atom stereocenters. The van der Waals surface area contributed by atoms with Crippen molar-refractivity contribution in [3.05, 3.63) is 50.2 Å². The largest absolute Gasteiger partial charge is 0.480 e. The molecule has 2 saturated carbocycles. The Morgan fingerprint density at radius 1 is 1.13 bits per heavy atom. The molecule has 1 saturated heterocycles. The molecule has 0 spiro atoms. The van der Waals surface area contributed by atoms with Crippen LogP contribution in [-0.4, -0.2) is 44.6 Å². The number of imide groups is 1. The van der Waals surface area contributed by atoms with E-state index in [1.165, 1.54) is 12.1 Å². The summed E-state index contributed by atoms with van der Waals surface area (Å²) in [5, 5.41) is 9.96. The molecule has 2 N–H and O–H groups in total. The normalized spacial score (nSPS) is 35.3. The second-order valence-electron chi connectivity index (χ2n) is 8.67. The maximum Gasteiger partial charge on any atom is 0.323 e. The summed E-state index contributed by atoms with van der Waals surface area (Å²) in [6.07, 6.45) is 0.729. The van der Waals surface area contributed by atoms with Crippen molar-refractivity contribution in [3.8, 4) is 0 Å². The summed E-state index contributed by atoms with van der Waals surface area (Å²) in [6, 6.07) is 6.25. The maximum absolute atomic E-state index is 13.6. The molecule has 0 radical (unpaired) electrons. The van der Waals surface area contributed by atoms with Crippen LogP contribution in [-0.2, 0) is 14.4 Å². The number of carbonyl (C=O) groups excluding carboxylic acids is 2. The van der Waals surface area contributed by atoms with Crippen LogP contribution in [0.1, 0.15) is 22.8 Å². The number of halogens is 1. The van der Waals surface area contributed by atoms with Gasteiger partial charge in [-0.05, 0) is 41.9 Å². The predicted molar refractivity (Wildman–Crippen MR) is 109 cm³/mol. The average Bonchev–Trinajstić information content (AvgIpc) is 3.44. The molecule has 10 heteroatoms. The van der Waals surface area contributed by atoms with E-state index in [0.29, 0.717) is 0 Å². The average molecular weight is 461 g/mol. The highest BCUT2D eigenvalue weighted by Gasteiger charge is 2.69. The molecule has 31 heavy (non-hydrogen) atoms. The zero-order valence-electron chi connectivity index (χ0n) is 16.0. The summed E-state index contributed by atoms with van der Waals surface area (Å²) in [5.74, 6) is -3.62. The van der Waals surface area contributed by atoms with Gasteiger partial charge in [0.15, 0.2) is 0 Å². The maximum atomic E-state index is 13.6. The topological polar surface area (TPSA) is 108 Å². The van der Waals surface area contributed by atoms with Crippen LogP contribution in [0.25, 0.3) is 0 Å². The molecule has 2 aromatic rings. The first-order valence-electron chi connectivity index (χ1n) is 10.1. The fraction of sp³-hybridized carbons (Fsp3) is 0.429. The number of amides is 2. The Bertz CT molecular complexity index is 1190. The van der Waals surface area contributed by atoms with Crippen LogP contribution in [0.15, 0.2) is 34.1 Å². The number of nitrogens with one attached hydrogen (secondary N) is 1. The van der Waals surface area contributed by atoms with Crippen LogP contribution in [0.4, 0.5) is 4.39 Å². The number of carboxylic acid groups (broad SMARTS) is 1. The van der Waals surface area contributed by atoms with E-state index in [4.69, 9.17) is 5.11 Å². The molecule has 0 unspecified atom stereocenters. The Kier molecular flexibility index (Phi) is 4.05. The van der Waals surface area contributed by atoms with Crippen molar-refractivity contribution in [1.29, 1.82) is 0 Å². The number of benzene rings is 1. The SMILES string of the molecule is O=C(O)CN1C(=O)[C@@H]2[C@@H]3C[C@@H]([C@H]4Sc5[nH]c(=O)sc5[C@H](c5ccc(F)cc5)[C@H]34)[C@@H]2C1=O. The third kappa shape index (κ3) is 2.57. The van der Waals surface area contributed by atoms with Crippen molar-refractivity contribution in [2.45, 2.75) is 22.6 Å². The predicted octanol–water partition coefficient (Wildman–Crippen LogP) is 2.13. The minimum absolute atomic E-state index is 0.0159. The van der Waals surface area contributed by atoms with Crippen LogP contribution in [0.5, 0.6) is 0 Å². The second kappa shape index (κ2) is 6.52. The van der Waals surface area contributed by atoms with Gasteiger partial charge in [0.05, 0.1) is 16.9 Å². The van der Waals surface area contributed by atoms with Gasteiger partial charge >= 0.3 is 10.8 Å². The summed E-state index contributed by atoms with van der Waals surface area (Å²) in [7, 11) is 0. The lowest BCUT2D eigenvalue weighted by Gasteiger charge is -2.43. The molecule has 3 fully saturated rings. The summed E-state index contributed by atoms with van der Waals surface area (Å²) in [5.41, 5.74) is 0.886. The minimum atomic E-state index is -1.20. The molecule has 2 aliphatic carbocycles. The van der Waals surface area contributed by atoms with E-state index in [0.717, 1.165) is 38.1 Å². The number of thiazole rings is 1. The fourth-order valence-corrected chi connectivity index (χ4v) is 9.30. The number of hydrogen-bond donors (Lipinski definition) is 2. The first-order valence-corrected chi connectivity index (χ1v) is 11.8. The number of fused-ring (bicyclic) bond motifs is 9. The highest BCUT2D eigenvalue weighted by atomic mass is 32.2. The van der Waals surface area contributed by atoms with Crippen molar-refractivity contribution in [2.75, 3.05) is 6.54 Å². The van der Waals surface area contributed by atoms with E-state index in [-0.39, 0.29) is 51.4 Å². The first kappa shape index (κ1) is 19.2. The quantitative estimate of drug-likeness (QED) is 0.680. The van der Waals surface area contributed by atoms with Gasteiger partial charge in [0.1, 0.15) is 12.4 Å². The number of aromatic nitrogens is 1. The highest BCUT2D eigenvalue weighted by Crippen LogP contribution is 2.68. The Labute approximate surface area is 183 Å². The zero-order valence-corrected chi connectivity index (χ0v) is 17.6. The van der Waals surface area contributed by atoms with Gasteiger partial charge in [-0.3, -0.25) is 24.1 Å². The lowest BCUT2D eigenvalue weighted by molar-refractivity contribution is -0.149. The molecule has 2 amide bonds. The van der Waals surface area contributed by atoms with Crippen molar-refractivity contribution in [1.82, 2.24) is 9.88 Å². The third-order valence-electron chi connectivity index (χ3n) is 7.34. The second-order valence-corrected chi connectivity index (χ2v) is 10.9. The van der Waals surface area contributed by atoms with Crippen molar-refractivity contribution in [2.24, 2.45) is 29.6 Å². The van der Waals surface area contributed by atoms with Gasteiger partial charge in [-0.2, -0.15) is 0 Å². The molecule has 3 heterocycles. The van der Waals surface area contributed by atoms with Crippen LogP contribution in [0, 0.1) is 35.4 Å². The van der Waals surface area contributed by atoms with Crippen molar-refractivity contribution < 1.29 is 23.9 Å². The number of H-pyrrole nitrogens is 1. The lowest BCUT2D eigenvalue weighted by Crippen LogP contribution is -2.42. The van der Waals surface area contributed by atoms with Gasteiger partial charge in [-0.15, -0.1) is 11.8 Å². The number of aliphatic carboxylic acids is 1. The Morgan fingerprint density at radius 3 is 2.48 bits per heavy atom. The molecule has 4 aliphatic rings. The standard InChI is InChI=1S/C21H17FN2O5S2/c22-8-3-1-7(2-4-8)12-13-9-5-10(16(13)30-18-17(12)31-21(29)23-18)15-14(9)19(27)24(20(15)28)6-11(25)26/h1-4,9-10,12-16H,5-6H2,(H,23,29)(H,25,26)/t9-,10-,12-,13+,14-,15+,16-/m1/s1. The van der Waals surface area contributed by atoms with Crippen LogP contribution in [0.3, 0.4) is 0 Å². The first-order chi connectivity index (χ1) is 14.8. The minimum Gasteiger partial charge on any atom is -0.480 e. The van der Waals surface area contributed by atoms with Gasteiger partial charge in [0.25, 0.3) is 0 Å². The van der Waals surface area contributed by atoms with E-state index in [1.807, 2.05) is 0 Å². The third-order valence-corrected chi connectivity index (χ3v) is 9.93. The van der Waals surface area contributed by atoms with Gasteiger partial charge in [-0.1, -0.05) is 23.5 Å². The van der Waals surface area contributed by atoms with Crippen LogP contribution in [0.2, 0.25) is 0 Å². The molecule has 2 bridgehead atoms. The van der Waals surface area contributed by atoms with E-state index in [2.05, 4.69) is 4.98 Å². The number of carboxylic acids is 1. The van der Waals surface area contributed by atoms with Crippen molar-refractivity contribution >= 4 is 40.9 Å². The lowest BCUT2D eigenvalue weighted by atomic mass is 9.68. The number of nitrogens with zero attached hydrogens (tertiary/aromatic N) is 1. The zero-order chi connectivity index (χ0) is 21.6. The Hall–Kier alpha value is -2.46. The van der Waals surface area contributed by atoms with Gasteiger partial charge < -0.3 is 10.1 Å². The van der Waals surface area contributed by atoms with E-state index in [9.17, 15) is 23.6 Å². The van der Waals surface area contributed by atoms with Crippen LogP contribution < -0.4 is 4.87 Å². The monoisotopic (exact) mass is 460 g/mol. The fourth-order valence-electron chi connectivity index (χ4n) is 6.41. The number of likely N-dealkylation sites (tertiary alicyclic amines) is 1. The molecule has 7 nitrogen and oxygen atoms in total.